The van der Waals surface area contributed by atoms with Crippen molar-refractivity contribution in [1.82, 2.24) is 15.2 Å². The number of rotatable bonds is 6. The molecule has 126 valence electrons. The van der Waals surface area contributed by atoms with Gasteiger partial charge in [0.2, 0.25) is 5.13 Å². The van der Waals surface area contributed by atoms with Crippen LogP contribution in [-0.4, -0.2) is 35.0 Å². The molecule has 2 heterocycles. The lowest BCUT2D eigenvalue weighted by Crippen LogP contribution is -2.21. The number of methoxy groups -OCH3 is 1. The summed E-state index contributed by atoms with van der Waals surface area (Å²) in [5.41, 5.74) is 2.74. The van der Waals surface area contributed by atoms with Crippen LogP contribution in [0.4, 0.5) is 18.3 Å². The minimum atomic E-state index is -4.28. The quantitative estimate of drug-likeness (QED) is 0.786. The first-order valence-electron chi connectivity index (χ1n) is 6.56. The molecule has 0 aliphatic heterocycles. The first-order chi connectivity index (χ1) is 10.8. The summed E-state index contributed by atoms with van der Waals surface area (Å²) < 4.78 is 42.3. The number of thioether (sulfide) groups is 1. The molecule has 0 aliphatic rings. The Morgan fingerprint density at radius 2 is 2.04 bits per heavy atom. The highest BCUT2D eigenvalue weighted by molar-refractivity contribution is 8.00. The van der Waals surface area contributed by atoms with Crippen molar-refractivity contribution in [3.8, 4) is 5.75 Å². The Morgan fingerprint density at radius 1 is 1.30 bits per heavy atom. The standard InChI is InChI=1S/C13H15F3N4OS2/c1-7-4-17-9(8(2)10(7)21-3)5-22-12-20-19-11(23-12)18-6-13(14,15)16/h4H,5-6H2,1-3H3,(H,18,19). The van der Waals surface area contributed by atoms with Crippen LogP contribution in [0, 0.1) is 13.8 Å². The van der Waals surface area contributed by atoms with Crippen molar-refractivity contribution in [2.24, 2.45) is 0 Å². The van der Waals surface area contributed by atoms with Gasteiger partial charge >= 0.3 is 6.18 Å². The zero-order chi connectivity index (χ0) is 17.0. The maximum atomic E-state index is 12.1. The monoisotopic (exact) mass is 364 g/mol. The molecule has 2 aromatic rings. The van der Waals surface area contributed by atoms with Gasteiger partial charge in [-0.25, -0.2) is 0 Å². The Kier molecular flexibility index (Phi) is 5.69. The van der Waals surface area contributed by atoms with Crippen LogP contribution in [0.1, 0.15) is 16.8 Å². The van der Waals surface area contributed by atoms with Gasteiger partial charge in [0.25, 0.3) is 0 Å². The number of aryl methyl sites for hydroxylation is 1. The molecule has 0 aliphatic carbocycles. The maximum absolute atomic E-state index is 12.1. The lowest BCUT2D eigenvalue weighted by atomic mass is 10.1. The molecule has 0 fully saturated rings. The van der Waals surface area contributed by atoms with Crippen molar-refractivity contribution in [2.45, 2.75) is 30.1 Å². The molecular formula is C13H15F3N4OS2. The Labute approximate surface area is 139 Å². The van der Waals surface area contributed by atoms with E-state index >= 15 is 0 Å². The molecule has 0 radical (unpaired) electrons. The number of pyridine rings is 1. The molecule has 0 aromatic carbocycles. The normalized spacial score (nSPS) is 11.6. The van der Waals surface area contributed by atoms with Crippen molar-refractivity contribution in [2.75, 3.05) is 19.0 Å². The first kappa shape index (κ1) is 17.8. The Hall–Kier alpha value is -1.55. The summed E-state index contributed by atoms with van der Waals surface area (Å²) in [5.74, 6) is 1.33. The van der Waals surface area contributed by atoms with E-state index in [1.807, 2.05) is 13.8 Å². The van der Waals surface area contributed by atoms with E-state index in [9.17, 15) is 13.2 Å². The zero-order valence-electron chi connectivity index (χ0n) is 12.7. The smallest absolute Gasteiger partial charge is 0.405 e. The van der Waals surface area contributed by atoms with E-state index in [1.54, 1.807) is 13.3 Å². The Balaban J connectivity index is 1.98. The van der Waals surface area contributed by atoms with E-state index in [2.05, 4.69) is 20.5 Å². The average molecular weight is 364 g/mol. The Bertz CT molecular complexity index is 676. The van der Waals surface area contributed by atoms with Crippen LogP contribution in [0.3, 0.4) is 0 Å². The summed E-state index contributed by atoms with van der Waals surface area (Å²) >= 11 is 2.45. The molecule has 0 saturated heterocycles. The van der Waals surface area contributed by atoms with Gasteiger partial charge in [0.1, 0.15) is 12.3 Å². The number of alkyl halides is 3. The molecule has 0 bridgehead atoms. The van der Waals surface area contributed by atoms with Gasteiger partial charge in [-0.2, -0.15) is 13.2 Å². The largest absolute Gasteiger partial charge is 0.496 e. The van der Waals surface area contributed by atoms with Gasteiger partial charge in [0, 0.05) is 23.1 Å². The van der Waals surface area contributed by atoms with Gasteiger partial charge in [-0.15, -0.1) is 10.2 Å². The maximum Gasteiger partial charge on any atom is 0.405 e. The molecule has 0 saturated carbocycles. The van der Waals surface area contributed by atoms with Crippen LogP contribution in [0.25, 0.3) is 0 Å². The third kappa shape index (κ3) is 4.96. The van der Waals surface area contributed by atoms with Gasteiger partial charge in [0.05, 0.1) is 12.8 Å². The molecule has 0 atom stereocenters. The lowest BCUT2D eigenvalue weighted by molar-refractivity contribution is -0.115. The highest BCUT2D eigenvalue weighted by Gasteiger charge is 2.27. The van der Waals surface area contributed by atoms with Gasteiger partial charge in [-0.3, -0.25) is 4.98 Å². The minimum absolute atomic E-state index is 0.149. The lowest BCUT2D eigenvalue weighted by Gasteiger charge is -2.11. The molecule has 2 aromatic heterocycles. The third-order valence-corrected chi connectivity index (χ3v) is 4.95. The predicted molar refractivity (Wildman–Crippen MR) is 84.3 cm³/mol. The van der Waals surface area contributed by atoms with E-state index in [1.165, 1.54) is 11.8 Å². The molecule has 23 heavy (non-hydrogen) atoms. The van der Waals surface area contributed by atoms with Crippen LogP contribution in [0.2, 0.25) is 0 Å². The fourth-order valence-electron chi connectivity index (χ4n) is 1.86. The summed E-state index contributed by atoms with van der Waals surface area (Å²) in [5, 5.41) is 9.92. The SMILES string of the molecule is COc1c(C)cnc(CSc2nnc(NCC(F)(F)F)s2)c1C. The van der Waals surface area contributed by atoms with Crippen LogP contribution in [0.5, 0.6) is 5.75 Å². The molecule has 0 unspecified atom stereocenters. The number of aromatic nitrogens is 3. The topological polar surface area (TPSA) is 59.9 Å². The van der Waals surface area contributed by atoms with E-state index in [0.717, 1.165) is 33.9 Å². The number of ether oxygens (including phenoxy) is 1. The third-order valence-electron chi connectivity index (χ3n) is 2.93. The van der Waals surface area contributed by atoms with Gasteiger partial charge in [-0.1, -0.05) is 23.1 Å². The number of hydrogen-bond donors (Lipinski definition) is 1. The first-order valence-corrected chi connectivity index (χ1v) is 8.36. The van der Waals surface area contributed by atoms with Crippen molar-refractivity contribution in [3.05, 3.63) is 23.0 Å². The molecule has 10 heteroatoms. The Morgan fingerprint density at radius 3 is 2.70 bits per heavy atom. The van der Waals surface area contributed by atoms with Crippen LogP contribution in [-0.2, 0) is 5.75 Å². The minimum Gasteiger partial charge on any atom is -0.496 e. The van der Waals surface area contributed by atoms with Crippen molar-refractivity contribution >= 4 is 28.2 Å². The summed E-state index contributed by atoms with van der Waals surface area (Å²) in [7, 11) is 1.61. The number of halogens is 3. The highest BCUT2D eigenvalue weighted by Crippen LogP contribution is 2.31. The zero-order valence-corrected chi connectivity index (χ0v) is 14.3. The summed E-state index contributed by atoms with van der Waals surface area (Å²) in [6.07, 6.45) is -2.55. The van der Waals surface area contributed by atoms with E-state index < -0.39 is 12.7 Å². The molecule has 0 amide bonds. The second kappa shape index (κ2) is 7.35. The van der Waals surface area contributed by atoms with Crippen LogP contribution < -0.4 is 10.1 Å². The van der Waals surface area contributed by atoms with Gasteiger partial charge < -0.3 is 10.1 Å². The number of hydrogen-bond acceptors (Lipinski definition) is 7. The molecule has 2 rings (SSSR count). The number of nitrogens with one attached hydrogen (secondary N) is 1. The average Bonchev–Trinajstić information content (AvgIpc) is 2.92. The van der Waals surface area contributed by atoms with E-state index in [-0.39, 0.29) is 5.13 Å². The number of anilines is 1. The second-order valence-electron chi connectivity index (χ2n) is 4.68. The fourth-order valence-corrected chi connectivity index (χ4v) is 3.63. The summed E-state index contributed by atoms with van der Waals surface area (Å²) in [6.45, 7) is 2.71. The van der Waals surface area contributed by atoms with Crippen LogP contribution in [0.15, 0.2) is 10.5 Å². The molecule has 1 N–H and O–H groups in total. The molecule has 0 spiro atoms. The van der Waals surface area contributed by atoms with Gasteiger partial charge in [-0.05, 0) is 13.8 Å². The summed E-state index contributed by atoms with van der Waals surface area (Å²) in [6, 6.07) is 0. The van der Waals surface area contributed by atoms with E-state index in [4.69, 9.17) is 4.74 Å². The highest BCUT2D eigenvalue weighted by atomic mass is 32.2. The van der Waals surface area contributed by atoms with Gasteiger partial charge in [0.15, 0.2) is 4.34 Å². The molecular weight excluding hydrogens is 349 g/mol. The second-order valence-corrected chi connectivity index (χ2v) is 6.88. The van der Waals surface area contributed by atoms with Crippen molar-refractivity contribution in [1.29, 1.82) is 0 Å². The fraction of sp³-hybridized carbons (Fsp3) is 0.462. The van der Waals surface area contributed by atoms with Crippen molar-refractivity contribution < 1.29 is 17.9 Å². The van der Waals surface area contributed by atoms with Crippen molar-refractivity contribution in [3.63, 3.8) is 0 Å². The van der Waals surface area contributed by atoms with Crippen LogP contribution >= 0.6 is 23.1 Å². The predicted octanol–water partition coefficient (Wildman–Crippen LogP) is 3.83. The number of nitrogens with zero attached hydrogens (tertiary/aromatic N) is 3. The summed E-state index contributed by atoms with van der Waals surface area (Å²) in [4.78, 5) is 4.37. The molecule has 5 nitrogen and oxygen atoms in total. The van der Waals surface area contributed by atoms with E-state index in [0.29, 0.717) is 10.1 Å².